The highest BCUT2D eigenvalue weighted by atomic mass is 16.5. The van der Waals surface area contributed by atoms with E-state index in [-0.39, 0.29) is 17.7 Å². The molecule has 0 atom stereocenters. The van der Waals surface area contributed by atoms with Crippen molar-refractivity contribution in [2.24, 2.45) is 5.92 Å². The van der Waals surface area contributed by atoms with E-state index in [9.17, 15) is 9.59 Å². The highest BCUT2D eigenvalue weighted by Gasteiger charge is 2.30. The molecule has 2 heterocycles. The molecule has 0 bridgehead atoms. The smallest absolute Gasteiger partial charge is 0.257 e. The molecule has 1 saturated heterocycles. The average Bonchev–Trinajstić information content (AvgIpc) is 3.32. The number of para-hydroxylation sites is 1. The lowest BCUT2D eigenvalue weighted by molar-refractivity contribution is -0.126. The van der Waals surface area contributed by atoms with E-state index in [1.165, 1.54) is 0 Å². The first-order valence-electron chi connectivity index (χ1n) is 11.8. The molecule has 0 aliphatic carbocycles. The van der Waals surface area contributed by atoms with Crippen LogP contribution in [0.3, 0.4) is 0 Å². The van der Waals surface area contributed by atoms with E-state index in [0.29, 0.717) is 50.3 Å². The summed E-state index contributed by atoms with van der Waals surface area (Å²) in [6, 6.07) is 17.9. The molecule has 7 nitrogen and oxygen atoms in total. The summed E-state index contributed by atoms with van der Waals surface area (Å²) in [7, 11) is 1.66. The summed E-state index contributed by atoms with van der Waals surface area (Å²) in [5.74, 6) is -0.0342. The van der Waals surface area contributed by atoms with Gasteiger partial charge < -0.3 is 15.0 Å². The Balaban J connectivity index is 1.50. The van der Waals surface area contributed by atoms with Crippen molar-refractivity contribution < 1.29 is 14.3 Å². The van der Waals surface area contributed by atoms with Gasteiger partial charge in [0.1, 0.15) is 5.69 Å². The molecular formula is C27H32N4O3. The molecule has 1 fully saturated rings. The summed E-state index contributed by atoms with van der Waals surface area (Å²) < 4.78 is 6.80. The van der Waals surface area contributed by atoms with Crippen molar-refractivity contribution >= 4 is 11.8 Å². The van der Waals surface area contributed by atoms with E-state index in [1.54, 1.807) is 11.8 Å². The number of amides is 2. The minimum atomic E-state index is -0.0603. The number of methoxy groups -OCH3 is 1. The van der Waals surface area contributed by atoms with Crippen LogP contribution in [0, 0.1) is 12.8 Å². The third-order valence-corrected chi connectivity index (χ3v) is 6.23. The number of carbonyl (C=O) groups is 2. The van der Waals surface area contributed by atoms with Crippen LogP contribution in [-0.2, 0) is 9.53 Å². The monoisotopic (exact) mass is 460 g/mol. The van der Waals surface area contributed by atoms with Crippen molar-refractivity contribution in [3.8, 4) is 16.9 Å². The first-order valence-corrected chi connectivity index (χ1v) is 11.8. The Morgan fingerprint density at radius 2 is 1.85 bits per heavy atom. The van der Waals surface area contributed by atoms with Gasteiger partial charge in [0.25, 0.3) is 5.91 Å². The van der Waals surface area contributed by atoms with Crippen LogP contribution < -0.4 is 5.32 Å². The summed E-state index contributed by atoms with van der Waals surface area (Å²) in [6.45, 7) is 4.39. The normalized spacial score (nSPS) is 14.2. The SMILES string of the molecule is COCCCNC(=O)C1CCN(C(=O)c2cn(-c3ccccc3)nc2-c2cccc(C)c2)CC1. The number of piperidine rings is 1. The topological polar surface area (TPSA) is 76.5 Å². The van der Waals surface area contributed by atoms with E-state index in [0.717, 1.165) is 23.2 Å². The average molecular weight is 461 g/mol. The largest absolute Gasteiger partial charge is 0.385 e. The number of ether oxygens (including phenoxy) is 1. The van der Waals surface area contributed by atoms with Gasteiger partial charge in [0.15, 0.2) is 0 Å². The fourth-order valence-electron chi connectivity index (χ4n) is 4.34. The second-order valence-corrected chi connectivity index (χ2v) is 8.74. The highest BCUT2D eigenvalue weighted by Crippen LogP contribution is 2.27. The van der Waals surface area contributed by atoms with Crippen LogP contribution in [0.1, 0.15) is 35.2 Å². The van der Waals surface area contributed by atoms with E-state index < -0.39 is 0 Å². The number of carbonyl (C=O) groups excluding carboxylic acids is 2. The van der Waals surface area contributed by atoms with Crippen LogP contribution in [0.25, 0.3) is 16.9 Å². The number of rotatable bonds is 8. The van der Waals surface area contributed by atoms with Crippen LogP contribution in [-0.4, -0.2) is 59.8 Å². The van der Waals surface area contributed by atoms with Gasteiger partial charge in [0.2, 0.25) is 5.91 Å². The van der Waals surface area contributed by atoms with Gasteiger partial charge in [0.05, 0.1) is 11.3 Å². The number of aromatic nitrogens is 2. The molecule has 178 valence electrons. The first-order chi connectivity index (χ1) is 16.6. The van der Waals surface area contributed by atoms with Gasteiger partial charge in [-0.05, 0) is 44.4 Å². The van der Waals surface area contributed by atoms with E-state index in [2.05, 4.69) is 11.4 Å². The third-order valence-electron chi connectivity index (χ3n) is 6.23. The van der Waals surface area contributed by atoms with Crippen molar-refractivity contribution in [1.29, 1.82) is 0 Å². The number of hydrogen-bond acceptors (Lipinski definition) is 4. The highest BCUT2D eigenvalue weighted by molar-refractivity contribution is 6.00. The summed E-state index contributed by atoms with van der Waals surface area (Å²) in [4.78, 5) is 27.9. The van der Waals surface area contributed by atoms with Gasteiger partial charge in [0, 0.05) is 51.0 Å². The Morgan fingerprint density at radius 3 is 2.56 bits per heavy atom. The second-order valence-electron chi connectivity index (χ2n) is 8.74. The third kappa shape index (κ3) is 5.54. The number of nitrogens with zero attached hydrogens (tertiary/aromatic N) is 3. The molecule has 1 aromatic heterocycles. The summed E-state index contributed by atoms with van der Waals surface area (Å²) >= 11 is 0. The van der Waals surface area contributed by atoms with Gasteiger partial charge in [-0.25, -0.2) is 4.68 Å². The predicted molar refractivity (Wildman–Crippen MR) is 132 cm³/mol. The van der Waals surface area contributed by atoms with Crippen LogP contribution in [0.5, 0.6) is 0 Å². The van der Waals surface area contributed by atoms with Crippen molar-refractivity contribution in [2.75, 3.05) is 33.4 Å². The lowest BCUT2D eigenvalue weighted by Crippen LogP contribution is -2.43. The van der Waals surface area contributed by atoms with Gasteiger partial charge in [-0.1, -0.05) is 42.0 Å². The maximum atomic E-state index is 13.6. The molecule has 1 aliphatic heterocycles. The van der Waals surface area contributed by atoms with Gasteiger partial charge >= 0.3 is 0 Å². The van der Waals surface area contributed by atoms with Crippen molar-refractivity contribution in [1.82, 2.24) is 20.0 Å². The maximum absolute atomic E-state index is 13.6. The van der Waals surface area contributed by atoms with E-state index in [1.807, 2.05) is 66.6 Å². The fourth-order valence-corrected chi connectivity index (χ4v) is 4.34. The molecule has 0 saturated carbocycles. The minimum absolute atomic E-state index is 0.0439. The van der Waals surface area contributed by atoms with Gasteiger partial charge in [-0.3, -0.25) is 9.59 Å². The molecule has 1 N–H and O–H groups in total. The Hall–Kier alpha value is -3.45. The molecule has 0 spiro atoms. The lowest BCUT2D eigenvalue weighted by Gasteiger charge is -2.31. The van der Waals surface area contributed by atoms with Crippen LogP contribution in [0.4, 0.5) is 0 Å². The standard InChI is InChI=1S/C27H32N4O3/c1-20-8-6-9-22(18-20)25-24(19-31(29-25)23-10-4-3-5-11-23)27(33)30-15-12-21(13-16-30)26(32)28-14-7-17-34-2/h3-6,8-11,18-19,21H,7,12-17H2,1-2H3,(H,28,32). The van der Waals surface area contributed by atoms with Crippen molar-refractivity contribution in [2.45, 2.75) is 26.2 Å². The zero-order valence-electron chi connectivity index (χ0n) is 19.9. The zero-order chi connectivity index (χ0) is 23.9. The number of nitrogens with one attached hydrogen (secondary N) is 1. The van der Waals surface area contributed by atoms with Crippen LogP contribution >= 0.6 is 0 Å². The summed E-state index contributed by atoms with van der Waals surface area (Å²) in [5, 5.41) is 7.78. The summed E-state index contributed by atoms with van der Waals surface area (Å²) in [6.07, 6.45) is 3.94. The molecule has 0 radical (unpaired) electrons. The van der Waals surface area contributed by atoms with Crippen LogP contribution in [0.15, 0.2) is 60.8 Å². The molecule has 7 heteroatoms. The number of likely N-dealkylation sites (tertiary alicyclic amines) is 1. The Kier molecular flexibility index (Phi) is 7.75. The maximum Gasteiger partial charge on any atom is 0.257 e. The Bertz CT molecular complexity index is 1120. The molecule has 1 aliphatic rings. The molecule has 2 aromatic carbocycles. The molecule has 2 amide bonds. The number of aryl methyl sites for hydroxylation is 1. The van der Waals surface area contributed by atoms with E-state index in [4.69, 9.17) is 9.84 Å². The second kappa shape index (κ2) is 11.1. The minimum Gasteiger partial charge on any atom is -0.385 e. The van der Waals surface area contributed by atoms with Gasteiger partial charge in [-0.2, -0.15) is 5.10 Å². The number of hydrogen-bond donors (Lipinski definition) is 1. The Morgan fingerprint density at radius 1 is 1.09 bits per heavy atom. The molecule has 3 aromatic rings. The molecule has 0 unspecified atom stereocenters. The first kappa shape index (κ1) is 23.7. The molecular weight excluding hydrogens is 428 g/mol. The lowest BCUT2D eigenvalue weighted by atomic mass is 9.95. The van der Waals surface area contributed by atoms with Crippen LogP contribution in [0.2, 0.25) is 0 Å². The zero-order valence-corrected chi connectivity index (χ0v) is 19.9. The van der Waals surface area contributed by atoms with Gasteiger partial charge in [-0.15, -0.1) is 0 Å². The van der Waals surface area contributed by atoms with E-state index >= 15 is 0 Å². The fraction of sp³-hybridized carbons (Fsp3) is 0.370. The molecule has 4 rings (SSSR count). The molecule has 34 heavy (non-hydrogen) atoms. The summed E-state index contributed by atoms with van der Waals surface area (Å²) in [5.41, 5.74) is 4.19. The van der Waals surface area contributed by atoms with Crippen molar-refractivity contribution in [3.05, 3.63) is 71.9 Å². The van der Waals surface area contributed by atoms with Crippen molar-refractivity contribution in [3.63, 3.8) is 0 Å². The number of benzene rings is 2. The Labute approximate surface area is 200 Å². The quantitative estimate of drug-likeness (QED) is 0.518. The predicted octanol–water partition coefficient (Wildman–Crippen LogP) is 3.85.